The van der Waals surface area contributed by atoms with E-state index in [4.69, 9.17) is 23.2 Å². The molecule has 1 N–H and O–H groups in total. The van der Waals surface area contributed by atoms with Gasteiger partial charge in [0.25, 0.3) is 5.56 Å². The molecule has 26 heavy (non-hydrogen) atoms. The molecule has 3 rings (SSSR count). The van der Waals surface area contributed by atoms with Crippen LogP contribution in [0.25, 0.3) is 11.4 Å². The summed E-state index contributed by atoms with van der Waals surface area (Å²) in [6.07, 6.45) is 2.93. The summed E-state index contributed by atoms with van der Waals surface area (Å²) in [4.78, 5) is 36.8. The van der Waals surface area contributed by atoms with Crippen LogP contribution in [0.2, 0.25) is 10.0 Å². The highest BCUT2D eigenvalue weighted by molar-refractivity contribution is 6.42. The van der Waals surface area contributed by atoms with Gasteiger partial charge in [-0.25, -0.2) is 15.0 Å². The summed E-state index contributed by atoms with van der Waals surface area (Å²) >= 11 is 11.8. The van der Waals surface area contributed by atoms with Crippen LogP contribution < -0.4 is 10.9 Å². The Hall–Kier alpha value is -2.77. The van der Waals surface area contributed by atoms with Gasteiger partial charge in [0, 0.05) is 24.9 Å². The zero-order chi connectivity index (χ0) is 18.7. The molecule has 132 valence electrons. The van der Waals surface area contributed by atoms with Crippen LogP contribution in [0.5, 0.6) is 0 Å². The minimum Gasteiger partial charge on any atom is -0.348 e. The number of aromatic nitrogens is 4. The molecule has 0 spiro atoms. The lowest BCUT2D eigenvalue weighted by Gasteiger charge is -2.11. The molecule has 3 aromatic rings. The van der Waals surface area contributed by atoms with Gasteiger partial charge in [-0.2, -0.15) is 0 Å². The molecule has 9 heteroatoms. The second-order valence-corrected chi connectivity index (χ2v) is 6.18. The number of carbonyl (C=O) groups excluding carboxylic acids is 1. The summed E-state index contributed by atoms with van der Waals surface area (Å²) in [6.45, 7) is -0.0640. The minimum absolute atomic E-state index is 0.0640. The fraction of sp³-hybridized carbons (Fsp3) is 0.118. The van der Waals surface area contributed by atoms with Crippen LogP contribution in [-0.2, 0) is 7.05 Å². The Kier molecular flexibility index (Phi) is 5.29. The number of benzene rings is 1. The van der Waals surface area contributed by atoms with Crippen molar-refractivity contribution in [1.82, 2.24) is 19.5 Å². The van der Waals surface area contributed by atoms with Gasteiger partial charge >= 0.3 is 0 Å². The molecular formula is C17H13Cl2N5O2. The maximum absolute atomic E-state index is 12.3. The summed E-state index contributed by atoms with van der Waals surface area (Å²) in [5, 5.41) is 3.55. The fourth-order valence-electron chi connectivity index (χ4n) is 2.20. The van der Waals surface area contributed by atoms with E-state index in [1.54, 1.807) is 31.4 Å². The lowest BCUT2D eigenvalue weighted by Crippen LogP contribution is -2.24. The van der Waals surface area contributed by atoms with Crippen LogP contribution in [0, 0.1) is 0 Å². The number of nitrogens with zero attached hydrogens (tertiary/aromatic N) is 4. The summed E-state index contributed by atoms with van der Waals surface area (Å²) in [5.74, 6) is 0.0322. The maximum Gasteiger partial charge on any atom is 0.255 e. The highest BCUT2D eigenvalue weighted by Gasteiger charge is 2.12. The first kappa shape index (κ1) is 18.0. The Bertz CT molecular complexity index is 1020. The van der Waals surface area contributed by atoms with Gasteiger partial charge in [-0.15, -0.1) is 0 Å². The van der Waals surface area contributed by atoms with Crippen molar-refractivity contribution in [2.24, 2.45) is 7.05 Å². The lowest BCUT2D eigenvalue weighted by atomic mass is 10.1. The molecule has 0 saturated carbocycles. The topological polar surface area (TPSA) is 89.8 Å². The summed E-state index contributed by atoms with van der Waals surface area (Å²) in [7, 11) is 1.56. The average molecular weight is 390 g/mol. The number of hydrogen-bond donors (Lipinski definition) is 1. The first-order chi connectivity index (χ1) is 12.5. The highest BCUT2D eigenvalue weighted by Crippen LogP contribution is 2.22. The zero-order valence-electron chi connectivity index (χ0n) is 13.6. The van der Waals surface area contributed by atoms with Crippen molar-refractivity contribution in [3.8, 4) is 11.4 Å². The van der Waals surface area contributed by atoms with Gasteiger partial charge in [-0.05, 0) is 24.3 Å². The van der Waals surface area contributed by atoms with Crippen molar-refractivity contribution in [2.45, 2.75) is 0 Å². The second-order valence-electron chi connectivity index (χ2n) is 5.36. The van der Waals surface area contributed by atoms with Crippen molar-refractivity contribution >= 4 is 34.9 Å². The van der Waals surface area contributed by atoms with E-state index in [2.05, 4.69) is 20.3 Å². The van der Waals surface area contributed by atoms with Crippen molar-refractivity contribution < 1.29 is 4.79 Å². The van der Waals surface area contributed by atoms with Gasteiger partial charge in [-0.3, -0.25) is 14.2 Å². The predicted octanol–water partition coefficient (Wildman–Crippen LogP) is 2.84. The van der Waals surface area contributed by atoms with E-state index in [1.165, 1.54) is 23.0 Å². The molecule has 0 aliphatic carbocycles. The molecule has 0 unspecified atom stereocenters. The summed E-state index contributed by atoms with van der Waals surface area (Å²) < 4.78 is 1.31. The van der Waals surface area contributed by atoms with Crippen molar-refractivity contribution in [1.29, 1.82) is 0 Å². The lowest BCUT2D eigenvalue weighted by molar-refractivity contribution is 0.101. The van der Waals surface area contributed by atoms with E-state index in [0.29, 0.717) is 27.0 Å². The minimum atomic E-state index is -0.280. The van der Waals surface area contributed by atoms with E-state index < -0.39 is 0 Å². The van der Waals surface area contributed by atoms with E-state index in [1.807, 2.05) is 0 Å². The quantitative estimate of drug-likeness (QED) is 0.674. The monoisotopic (exact) mass is 389 g/mol. The largest absolute Gasteiger partial charge is 0.348 e. The Morgan fingerprint density at radius 1 is 1.15 bits per heavy atom. The average Bonchev–Trinajstić information content (AvgIpc) is 2.65. The number of nitrogens with one attached hydrogen (secondary N) is 1. The number of anilines is 1. The molecule has 2 aromatic heterocycles. The smallest absolute Gasteiger partial charge is 0.255 e. The van der Waals surface area contributed by atoms with Crippen molar-refractivity contribution in [3.05, 3.63) is 68.8 Å². The summed E-state index contributed by atoms with van der Waals surface area (Å²) in [5.41, 5.74) is 1.03. The van der Waals surface area contributed by atoms with Gasteiger partial charge in [0.15, 0.2) is 5.78 Å². The third kappa shape index (κ3) is 3.89. The molecule has 0 aliphatic heterocycles. The predicted molar refractivity (Wildman–Crippen MR) is 99.8 cm³/mol. The zero-order valence-corrected chi connectivity index (χ0v) is 15.1. The Morgan fingerprint density at radius 2 is 1.96 bits per heavy atom. The Labute approximate surface area is 158 Å². The first-order valence-corrected chi connectivity index (χ1v) is 8.28. The van der Waals surface area contributed by atoms with Crippen LogP contribution in [0.4, 0.5) is 5.95 Å². The van der Waals surface area contributed by atoms with Gasteiger partial charge < -0.3 is 5.32 Å². The number of Topliss-reactive ketones (excluding diaryl/α,β-unsaturated/α-hetero) is 1. The molecule has 2 heterocycles. The fourth-order valence-corrected chi connectivity index (χ4v) is 2.50. The number of rotatable bonds is 5. The molecule has 0 bridgehead atoms. The van der Waals surface area contributed by atoms with Crippen molar-refractivity contribution in [3.63, 3.8) is 0 Å². The van der Waals surface area contributed by atoms with Gasteiger partial charge in [-0.1, -0.05) is 23.2 Å². The van der Waals surface area contributed by atoms with Crippen LogP contribution in [-0.4, -0.2) is 31.8 Å². The van der Waals surface area contributed by atoms with Crippen molar-refractivity contribution in [2.75, 3.05) is 11.9 Å². The van der Waals surface area contributed by atoms with E-state index in [-0.39, 0.29) is 23.8 Å². The van der Waals surface area contributed by atoms with E-state index in [9.17, 15) is 9.59 Å². The van der Waals surface area contributed by atoms with E-state index >= 15 is 0 Å². The number of hydrogen-bond acceptors (Lipinski definition) is 6. The normalized spacial score (nSPS) is 10.6. The molecule has 0 saturated heterocycles. The van der Waals surface area contributed by atoms with Gasteiger partial charge in [0.2, 0.25) is 5.95 Å². The highest BCUT2D eigenvalue weighted by atomic mass is 35.5. The van der Waals surface area contributed by atoms with Crippen LogP contribution in [0.3, 0.4) is 0 Å². The van der Waals surface area contributed by atoms with Crippen LogP contribution in [0.15, 0.2) is 47.7 Å². The SMILES string of the molecule is Cn1c(NCC(=O)c2ccc(Cl)c(Cl)c2)nc(-c2ccncn2)cc1=O. The van der Waals surface area contributed by atoms with Crippen LogP contribution >= 0.6 is 23.2 Å². The standard InChI is InChI=1S/C17H13Cl2N5O2/c1-24-16(26)7-14(13-4-5-20-9-22-13)23-17(24)21-8-15(25)10-2-3-11(18)12(19)6-10/h2-7,9H,8H2,1H3,(H,21,23). The molecule has 0 fully saturated rings. The molecule has 7 nitrogen and oxygen atoms in total. The molecule has 1 aromatic carbocycles. The Balaban J connectivity index is 1.83. The Morgan fingerprint density at radius 3 is 2.65 bits per heavy atom. The maximum atomic E-state index is 12.3. The molecule has 0 radical (unpaired) electrons. The molecule has 0 atom stereocenters. The summed E-state index contributed by atoms with van der Waals surface area (Å²) in [6, 6.07) is 7.65. The first-order valence-electron chi connectivity index (χ1n) is 7.52. The number of ketones is 1. The van der Waals surface area contributed by atoms with Crippen LogP contribution in [0.1, 0.15) is 10.4 Å². The molecular weight excluding hydrogens is 377 g/mol. The van der Waals surface area contributed by atoms with E-state index in [0.717, 1.165) is 0 Å². The molecule has 0 amide bonds. The van der Waals surface area contributed by atoms with Gasteiger partial charge in [0.1, 0.15) is 6.33 Å². The number of carbonyl (C=O) groups is 1. The third-order valence-electron chi connectivity index (χ3n) is 3.63. The third-order valence-corrected chi connectivity index (χ3v) is 4.37. The molecule has 0 aliphatic rings. The second kappa shape index (κ2) is 7.63. The van der Waals surface area contributed by atoms with Gasteiger partial charge in [0.05, 0.1) is 28.0 Å². The number of halogens is 2.